The molecule has 2 heterocycles. The maximum absolute atomic E-state index is 11.6. The van der Waals surface area contributed by atoms with E-state index in [-0.39, 0.29) is 12.5 Å². The standard InChI is InChI=1S/C12H21N5O2/c1-16-8-11(14-15-16)7-13-10-3-5-17(6-4-10)12(18)9-19-2/h8,10,13H,3-7,9H2,1-2H3. The van der Waals surface area contributed by atoms with Crippen LogP contribution in [-0.4, -0.2) is 58.6 Å². The summed E-state index contributed by atoms with van der Waals surface area (Å²) in [7, 11) is 3.41. The number of nitrogens with zero attached hydrogens (tertiary/aromatic N) is 4. The van der Waals surface area contributed by atoms with Crippen molar-refractivity contribution >= 4 is 5.91 Å². The molecule has 7 nitrogen and oxygen atoms in total. The van der Waals surface area contributed by atoms with E-state index < -0.39 is 0 Å². The number of aryl methyl sites for hydroxylation is 1. The molecular formula is C12H21N5O2. The van der Waals surface area contributed by atoms with Gasteiger partial charge in [0.25, 0.3) is 0 Å². The van der Waals surface area contributed by atoms with E-state index in [1.807, 2.05) is 18.1 Å². The third kappa shape index (κ3) is 4.00. The van der Waals surface area contributed by atoms with Gasteiger partial charge in [0, 0.05) is 46.0 Å². The molecule has 0 aliphatic carbocycles. The van der Waals surface area contributed by atoms with Crippen molar-refractivity contribution in [3.8, 4) is 0 Å². The molecule has 0 bridgehead atoms. The molecule has 1 amide bonds. The molecule has 0 aromatic carbocycles. The Morgan fingerprint density at radius 3 is 2.84 bits per heavy atom. The molecule has 1 aliphatic rings. The Bertz CT molecular complexity index is 412. The number of carbonyl (C=O) groups excluding carboxylic acids is 1. The highest BCUT2D eigenvalue weighted by Crippen LogP contribution is 2.11. The van der Waals surface area contributed by atoms with Gasteiger partial charge < -0.3 is 15.0 Å². The normalized spacial score (nSPS) is 16.8. The van der Waals surface area contributed by atoms with Gasteiger partial charge in [0.15, 0.2) is 0 Å². The molecule has 19 heavy (non-hydrogen) atoms. The van der Waals surface area contributed by atoms with Crippen LogP contribution in [0.25, 0.3) is 0 Å². The molecule has 0 spiro atoms. The molecule has 1 aliphatic heterocycles. The Labute approximate surface area is 112 Å². The predicted molar refractivity (Wildman–Crippen MR) is 69.3 cm³/mol. The first-order valence-corrected chi connectivity index (χ1v) is 6.54. The van der Waals surface area contributed by atoms with Crippen molar-refractivity contribution in [3.05, 3.63) is 11.9 Å². The van der Waals surface area contributed by atoms with Crippen LogP contribution in [0.4, 0.5) is 0 Å². The minimum absolute atomic E-state index is 0.0786. The Morgan fingerprint density at radius 2 is 2.26 bits per heavy atom. The summed E-state index contributed by atoms with van der Waals surface area (Å²) in [6, 6.07) is 0.439. The van der Waals surface area contributed by atoms with Crippen molar-refractivity contribution in [2.24, 2.45) is 7.05 Å². The number of carbonyl (C=O) groups is 1. The van der Waals surface area contributed by atoms with Gasteiger partial charge in [-0.15, -0.1) is 5.10 Å². The molecule has 1 saturated heterocycles. The fraction of sp³-hybridized carbons (Fsp3) is 0.750. The van der Waals surface area contributed by atoms with Crippen molar-refractivity contribution < 1.29 is 9.53 Å². The van der Waals surface area contributed by atoms with Crippen molar-refractivity contribution in [3.63, 3.8) is 0 Å². The molecule has 2 rings (SSSR count). The van der Waals surface area contributed by atoms with Crippen LogP contribution in [0.5, 0.6) is 0 Å². The summed E-state index contributed by atoms with van der Waals surface area (Å²) in [5.74, 6) is 0.0786. The van der Waals surface area contributed by atoms with E-state index in [2.05, 4.69) is 15.6 Å². The van der Waals surface area contributed by atoms with Gasteiger partial charge in [0.05, 0.1) is 5.69 Å². The van der Waals surface area contributed by atoms with Gasteiger partial charge in [0.1, 0.15) is 6.61 Å². The average Bonchev–Trinajstić information content (AvgIpc) is 2.83. The van der Waals surface area contributed by atoms with E-state index in [1.165, 1.54) is 0 Å². The molecule has 1 aromatic heterocycles. The monoisotopic (exact) mass is 267 g/mol. The van der Waals surface area contributed by atoms with Crippen LogP contribution in [0, 0.1) is 0 Å². The summed E-state index contributed by atoms with van der Waals surface area (Å²) in [5.41, 5.74) is 0.945. The number of nitrogens with one attached hydrogen (secondary N) is 1. The quantitative estimate of drug-likeness (QED) is 0.782. The van der Waals surface area contributed by atoms with E-state index in [0.717, 1.165) is 38.2 Å². The number of likely N-dealkylation sites (tertiary alicyclic amines) is 1. The molecule has 1 N–H and O–H groups in total. The van der Waals surface area contributed by atoms with Crippen LogP contribution in [0.15, 0.2) is 6.20 Å². The number of rotatable bonds is 5. The second-order valence-electron chi connectivity index (χ2n) is 4.85. The lowest BCUT2D eigenvalue weighted by Gasteiger charge is -2.32. The average molecular weight is 267 g/mol. The Morgan fingerprint density at radius 1 is 1.53 bits per heavy atom. The van der Waals surface area contributed by atoms with Crippen LogP contribution in [0.1, 0.15) is 18.5 Å². The van der Waals surface area contributed by atoms with E-state index in [9.17, 15) is 4.79 Å². The van der Waals surface area contributed by atoms with Crippen molar-refractivity contribution in [2.45, 2.75) is 25.4 Å². The smallest absolute Gasteiger partial charge is 0.248 e. The Hall–Kier alpha value is -1.47. The number of amides is 1. The van der Waals surface area contributed by atoms with Crippen molar-refractivity contribution in [2.75, 3.05) is 26.8 Å². The predicted octanol–water partition coefficient (Wildman–Crippen LogP) is -0.458. The van der Waals surface area contributed by atoms with Crippen LogP contribution in [0.2, 0.25) is 0 Å². The molecule has 0 unspecified atom stereocenters. The lowest BCUT2D eigenvalue weighted by Crippen LogP contribution is -2.45. The zero-order valence-corrected chi connectivity index (χ0v) is 11.5. The van der Waals surface area contributed by atoms with Crippen LogP contribution < -0.4 is 5.32 Å². The van der Waals surface area contributed by atoms with Gasteiger partial charge in [-0.2, -0.15) is 0 Å². The number of aromatic nitrogens is 3. The highest BCUT2D eigenvalue weighted by atomic mass is 16.5. The summed E-state index contributed by atoms with van der Waals surface area (Å²) in [6.45, 7) is 2.49. The zero-order valence-electron chi connectivity index (χ0n) is 11.5. The molecule has 0 radical (unpaired) electrons. The van der Waals surface area contributed by atoms with Crippen molar-refractivity contribution in [1.82, 2.24) is 25.2 Å². The van der Waals surface area contributed by atoms with Gasteiger partial charge in [-0.3, -0.25) is 9.48 Å². The van der Waals surface area contributed by atoms with E-state index in [1.54, 1.807) is 11.8 Å². The van der Waals surface area contributed by atoms with Gasteiger partial charge in [-0.1, -0.05) is 5.21 Å². The first kappa shape index (κ1) is 14.0. The maximum atomic E-state index is 11.6. The lowest BCUT2D eigenvalue weighted by atomic mass is 10.0. The van der Waals surface area contributed by atoms with Gasteiger partial charge in [-0.25, -0.2) is 0 Å². The van der Waals surface area contributed by atoms with Gasteiger partial charge in [-0.05, 0) is 12.8 Å². The third-order valence-electron chi connectivity index (χ3n) is 3.34. The molecule has 106 valence electrons. The number of hydrogen-bond donors (Lipinski definition) is 1. The van der Waals surface area contributed by atoms with E-state index in [0.29, 0.717) is 6.04 Å². The number of hydrogen-bond acceptors (Lipinski definition) is 5. The number of ether oxygens (including phenoxy) is 1. The molecule has 0 saturated carbocycles. The summed E-state index contributed by atoms with van der Waals surface area (Å²) in [4.78, 5) is 13.5. The minimum Gasteiger partial charge on any atom is -0.375 e. The van der Waals surface area contributed by atoms with Gasteiger partial charge in [0.2, 0.25) is 5.91 Å². The summed E-state index contributed by atoms with van der Waals surface area (Å²) in [6.07, 6.45) is 3.84. The Balaban J connectivity index is 1.70. The van der Waals surface area contributed by atoms with Gasteiger partial charge >= 0.3 is 0 Å². The number of piperidine rings is 1. The minimum atomic E-state index is 0.0786. The molecule has 1 fully saturated rings. The largest absolute Gasteiger partial charge is 0.375 e. The van der Waals surface area contributed by atoms with E-state index >= 15 is 0 Å². The second-order valence-corrected chi connectivity index (χ2v) is 4.85. The third-order valence-corrected chi connectivity index (χ3v) is 3.34. The van der Waals surface area contributed by atoms with Crippen LogP contribution in [-0.2, 0) is 23.1 Å². The molecule has 0 atom stereocenters. The zero-order chi connectivity index (χ0) is 13.7. The summed E-state index contributed by atoms with van der Waals surface area (Å²) < 4.78 is 6.56. The summed E-state index contributed by atoms with van der Waals surface area (Å²) in [5, 5.41) is 11.4. The van der Waals surface area contributed by atoms with Crippen LogP contribution >= 0.6 is 0 Å². The van der Waals surface area contributed by atoms with Crippen LogP contribution in [0.3, 0.4) is 0 Å². The van der Waals surface area contributed by atoms with E-state index in [4.69, 9.17) is 4.74 Å². The first-order valence-electron chi connectivity index (χ1n) is 6.54. The summed E-state index contributed by atoms with van der Waals surface area (Å²) >= 11 is 0. The Kier molecular flexibility index (Phi) is 4.86. The first-order chi connectivity index (χ1) is 9.19. The topological polar surface area (TPSA) is 72.3 Å². The lowest BCUT2D eigenvalue weighted by molar-refractivity contribution is -0.136. The molecular weight excluding hydrogens is 246 g/mol. The fourth-order valence-electron chi connectivity index (χ4n) is 2.27. The fourth-order valence-corrected chi connectivity index (χ4v) is 2.27. The highest BCUT2D eigenvalue weighted by molar-refractivity contribution is 5.77. The highest BCUT2D eigenvalue weighted by Gasteiger charge is 2.22. The number of methoxy groups -OCH3 is 1. The molecule has 1 aromatic rings. The second kappa shape index (κ2) is 6.63. The molecule has 7 heteroatoms. The maximum Gasteiger partial charge on any atom is 0.248 e. The SMILES string of the molecule is COCC(=O)N1CCC(NCc2cn(C)nn2)CC1. The van der Waals surface area contributed by atoms with Crippen molar-refractivity contribution in [1.29, 1.82) is 0 Å².